The molecule has 0 aliphatic carbocycles. The van der Waals surface area contributed by atoms with Gasteiger partial charge in [-0.3, -0.25) is 4.90 Å². The van der Waals surface area contributed by atoms with Crippen LogP contribution in [-0.4, -0.2) is 92.6 Å². The largest absolute Gasteiger partial charge is 0.492 e. The quantitative estimate of drug-likeness (QED) is 0.193. The Kier molecular flexibility index (Phi) is 17.2. The zero-order chi connectivity index (χ0) is 29.3. The molecule has 0 amide bonds. The van der Waals surface area contributed by atoms with Crippen molar-refractivity contribution in [1.82, 2.24) is 15.1 Å². The molecule has 7 nitrogen and oxygen atoms in total. The van der Waals surface area contributed by atoms with E-state index >= 15 is 0 Å². The second-order valence-corrected chi connectivity index (χ2v) is 12.7. The fourth-order valence-corrected chi connectivity index (χ4v) is 6.49. The number of hydrogen-bond acceptors (Lipinski definition) is 8. The summed E-state index contributed by atoms with van der Waals surface area (Å²) < 4.78 is 11.7. The molecule has 2 N–H and O–H groups in total. The number of halogens is 3. The summed E-state index contributed by atoms with van der Waals surface area (Å²) in [7, 11) is 0. The summed E-state index contributed by atoms with van der Waals surface area (Å²) in [6.45, 7) is 15.2. The molecule has 2 aliphatic heterocycles. The molecule has 2 heterocycles. The molecule has 0 bridgehead atoms. The molecule has 0 radical (unpaired) electrons. The molecule has 0 aromatic heterocycles. The van der Waals surface area contributed by atoms with Crippen molar-refractivity contribution in [3.05, 3.63) is 72.3 Å². The van der Waals surface area contributed by atoms with Crippen molar-refractivity contribution in [2.24, 2.45) is 0 Å². The summed E-state index contributed by atoms with van der Waals surface area (Å²) in [6, 6.07) is 23.6. The van der Waals surface area contributed by atoms with Crippen molar-refractivity contribution < 1.29 is 14.6 Å². The summed E-state index contributed by atoms with van der Waals surface area (Å²) in [4.78, 5) is 10.3. The Morgan fingerprint density at radius 1 is 0.778 bits per heavy atom. The van der Waals surface area contributed by atoms with Crippen LogP contribution in [0.15, 0.2) is 76.5 Å². The van der Waals surface area contributed by atoms with Gasteiger partial charge in [0.15, 0.2) is 0 Å². The molecule has 2 aliphatic rings. The molecule has 1 fully saturated rings. The minimum Gasteiger partial charge on any atom is -0.492 e. The van der Waals surface area contributed by atoms with Crippen molar-refractivity contribution in [3.8, 4) is 11.5 Å². The Morgan fingerprint density at radius 2 is 1.40 bits per heavy atom. The van der Waals surface area contributed by atoms with Crippen molar-refractivity contribution >= 4 is 60.4 Å². The van der Waals surface area contributed by atoms with Gasteiger partial charge in [0.1, 0.15) is 30.8 Å². The van der Waals surface area contributed by atoms with E-state index < -0.39 is 6.10 Å². The van der Waals surface area contributed by atoms with Crippen LogP contribution in [-0.2, 0) is 0 Å². The molecule has 5 rings (SSSR count). The van der Waals surface area contributed by atoms with Gasteiger partial charge in [-0.25, -0.2) is 0 Å². The van der Waals surface area contributed by atoms with Crippen LogP contribution in [0.2, 0.25) is 0 Å². The molecular formula is C34H49Cl3N4O3S. The minimum atomic E-state index is -0.531. The van der Waals surface area contributed by atoms with Crippen molar-refractivity contribution in [2.45, 2.75) is 49.1 Å². The standard InChI is InChI=1S/C34H46N4O3S.3ClH/c1-26(2)35-24-28(39)25-41-30-12-10-29(11-13-30)40-22-21-37-19-17-36(18-20-37)15-6-16-38-31-7-4-5-8-33(31)42-34-14-9-27(3)23-32(34)38;;;/h4-5,7-14,23,26,28,35,39H,6,15-22,24-25H2,1-3H3;3*1H. The van der Waals surface area contributed by atoms with E-state index in [1.54, 1.807) is 0 Å². The first kappa shape index (κ1) is 39.3. The van der Waals surface area contributed by atoms with Crippen LogP contribution in [0.4, 0.5) is 11.4 Å². The number of fused-ring (bicyclic) bond motifs is 2. The predicted octanol–water partition coefficient (Wildman–Crippen LogP) is 6.69. The van der Waals surface area contributed by atoms with Gasteiger partial charge >= 0.3 is 0 Å². The van der Waals surface area contributed by atoms with Crippen LogP contribution in [0.25, 0.3) is 0 Å². The fraction of sp³-hybridized carbons (Fsp3) is 0.471. The van der Waals surface area contributed by atoms with E-state index in [9.17, 15) is 5.11 Å². The van der Waals surface area contributed by atoms with Crippen molar-refractivity contribution in [3.63, 3.8) is 0 Å². The zero-order valence-electron chi connectivity index (χ0n) is 26.5. The molecule has 45 heavy (non-hydrogen) atoms. The average molecular weight is 700 g/mol. The molecule has 3 aromatic rings. The number of aliphatic hydroxyl groups excluding tert-OH is 1. The smallest absolute Gasteiger partial charge is 0.119 e. The van der Waals surface area contributed by atoms with Gasteiger partial charge in [0.2, 0.25) is 0 Å². The highest BCUT2D eigenvalue weighted by Gasteiger charge is 2.23. The lowest BCUT2D eigenvalue weighted by atomic mass is 10.1. The molecule has 0 spiro atoms. The lowest BCUT2D eigenvalue weighted by molar-refractivity contribution is 0.104. The van der Waals surface area contributed by atoms with E-state index in [4.69, 9.17) is 9.47 Å². The summed E-state index contributed by atoms with van der Waals surface area (Å²) in [6.07, 6.45) is 0.611. The van der Waals surface area contributed by atoms with Crippen LogP contribution in [0.5, 0.6) is 11.5 Å². The van der Waals surface area contributed by atoms with Crippen LogP contribution >= 0.6 is 49.0 Å². The molecule has 1 unspecified atom stereocenters. The van der Waals surface area contributed by atoms with Gasteiger partial charge in [0.25, 0.3) is 0 Å². The lowest BCUT2D eigenvalue weighted by Crippen LogP contribution is -2.47. The first-order chi connectivity index (χ1) is 20.4. The molecular weight excluding hydrogens is 651 g/mol. The summed E-state index contributed by atoms with van der Waals surface area (Å²) in [5, 5.41) is 13.2. The number of benzene rings is 3. The minimum absolute atomic E-state index is 0. The van der Waals surface area contributed by atoms with Gasteiger partial charge < -0.3 is 29.7 Å². The van der Waals surface area contributed by atoms with Crippen LogP contribution in [0.3, 0.4) is 0 Å². The van der Waals surface area contributed by atoms with Gasteiger partial charge in [-0.2, -0.15) is 0 Å². The normalized spacial score (nSPS) is 15.2. The Labute approximate surface area is 292 Å². The topological polar surface area (TPSA) is 60.4 Å². The Hall–Kier alpha value is -1.88. The molecule has 1 atom stereocenters. The number of ether oxygens (including phenoxy) is 2. The fourth-order valence-electron chi connectivity index (χ4n) is 5.42. The number of nitrogens with one attached hydrogen (secondary N) is 1. The van der Waals surface area contributed by atoms with E-state index in [0.717, 1.165) is 63.7 Å². The van der Waals surface area contributed by atoms with Gasteiger partial charge in [0, 0.05) is 61.6 Å². The van der Waals surface area contributed by atoms with Crippen molar-refractivity contribution in [2.75, 3.05) is 70.5 Å². The SMILES string of the molecule is Cc1ccc2c(c1)N(CCCN1CCN(CCOc3ccc(OCC(O)CNC(C)C)cc3)CC1)c1ccccc1S2.Cl.Cl.Cl. The maximum absolute atomic E-state index is 10.0. The van der Waals surface area contributed by atoms with Crippen LogP contribution < -0.4 is 19.7 Å². The first-order valence-electron chi connectivity index (χ1n) is 15.3. The van der Waals surface area contributed by atoms with Gasteiger partial charge in [-0.05, 0) is 74.0 Å². The summed E-state index contributed by atoms with van der Waals surface area (Å²) >= 11 is 1.88. The van der Waals surface area contributed by atoms with E-state index in [1.165, 1.54) is 26.7 Å². The lowest BCUT2D eigenvalue weighted by Gasteiger charge is -2.36. The van der Waals surface area contributed by atoms with E-state index in [2.05, 4.69) is 83.3 Å². The van der Waals surface area contributed by atoms with Gasteiger partial charge in [-0.15, -0.1) is 37.2 Å². The monoisotopic (exact) mass is 698 g/mol. The van der Waals surface area contributed by atoms with Gasteiger partial charge in [0.05, 0.1) is 11.4 Å². The number of hydrogen-bond donors (Lipinski definition) is 2. The molecule has 1 saturated heterocycles. The molecule has 3 aromatic carbocycles. The molecule has 0 saturated carbocycles. The maximum Gasteiger partial charge on any atom is 0.119 e. The molecule has 250 valence electrons. The highest BCUT2D eigenvalue weighted by atomic mass is 35.5. The average Bonchev–Trinajstić information content (AvgIpc) is 3.00. The summed E-state index contributed by atoms with van der Waals surface area (Å²) in [5.41, 5.74) is 3.99. The number of piperazine rings is 1. The molecule has 11 heteroatoms. The number of nitrogens with zero attached hydrogens (tertiary/aromatic N) is 3. The van der Waals surface area contributed by atoms with E-state index in [0.29, 0.717) is 19.2 Å². The Morgan fingerprint density at radius 3 is 2.09 bits per heavy atom. The number of para-hydroxylation sites is 1. The highest BCUT2D eigenvalue weighted by Crippen LogP contribution is 2.48. The van der Waals surface area contributed by atoms with E-state index in [1.807, 2.05) is 36.0 Å². The number of anilines is 2. The third kappa shape index (κ3) is 11.7. The second-order valence-electron chi connectivity index (χ2n) is 11.6. The summed E-state index contributed by atoms with van der Waals surface area (Å²) in [5.74, 6) is 1.59. The highest BCUT2D eigenvalue weighted by molar-refractivity contribution is 7.99. The maximum atomic E-state index is 10.0. The predicted molar refractivity (Wildman–Crippen MR) is 195 cm³/mol. The zero-order valence-corrected chi connectivity index (χ0v) is 29.8. The van der Waals surface area contributed by atoms with Crippen LogP contribution in [0.1, 0.15) is 25.8 Å². The van der Waals surface area contributed by atoms with Crippen molar-refractivity contribution in [1.29, 1.82) is 0 Å². The van der Waals surface area contributed by atoms with Gasteiger partial charge in [-0.1, -0.05) is 43.8 Å². The number of rotatable bonds is 14. The number of aryl methyl sites for hydroxylation is 1. The Balaban J connectivity index is 0.00000235. The first-order valence-corrected chi connectivity index (χ1v) is 16.1. The second kappa shape index (κ2) is 19.7. The Bertz CT molecular complexity index is 1280. The third-order valence-electron chi connectivity index (χ3n) is 7.81. The van der Waals surface area contributed by atoms with Crippen LogP contribution in [0, 0.1) is 6.92 Å². The number of aliphatic hydroxyl groups is 1. The third-order valence-corrected chi connectivity index (χ3v) is 8.94. The van der Waals surface area contributed by atoms with E-state index in [-0.39, 0.29) is 43.8 Å².